The number of ether oxygens (including phenoxy) is 2. The van der Waals surface area contributed by atoms with Crippen molar-refractivity contribution in [2.45, 2.75) is 116 Å². The van der Waals surface area contributed by atoms with Crippen LogP contribution in [0.15, 0.2) is 60.8 Å². The number of allylic oxidation sites excluding steroid dienone is 9. The van der Waals surface area contributed by atoms with Gasteiger partial charge in [-0.2, -0.15) is 0 Å². The monoisotopic (exact) mass is 681 g/mol. The van der Waals surface area contributed by atoms with E-state index < -0.39 is 32.5 Å². The maximum Gasteiger partial charge on any atom is 0.310 e. The molecule has 0 aliphatic heterocycles. The fourth-order valence-electron chi connectivity index (χ4n) is 4.08. The predicted molar refractivity (Wildman–Crippen MR) is 190 cm³/mol. The minimum atomic E-state index is -4.64. The molecule has 9 nitrogen and oxygen atoms in total. The zero-order chi connectivity index (χ0) is 35.1. The third-order valence-corrected chi connectivity index (χ3v) is 7.80. The number of phosphoric acid groups is 1. The van der Waals surface area contributed by atoms with Crippen molar-refractivity contribution in [2.24, 2.45) is 0 Å². The van der Waals surface area contributed by atoms with Crippen molar-refractivity contribution in [2.75, 3.05) is 47.5 Å². The zero-order valence-electron chi connectivity index (χ0n) is 29.9. The minimum Gasteiger partial charge on any atom is -0.756 e. The van der Waals surface area contributed by atoms with Gasteiger partial charge in [-0.3, -0.25) is 14.2 Å². The van der Waals surface area contributed by atoms with Crippen molar-refractivity contribution in [3.63, 3.8) is 0 Å². The number of esters is 2. The van der Waals surface area contributed by atoms with Gasteiger partial charge in [-0.05, 0) is 38.5 Å². The second-order valence-corrected chi connectivity index (χ2v) is 13.9. The standard InChI is InChI=1S/C37H64NO8P/c1-6-8-10-12-14-16-17-18-19-20-21-22-24-26-28-30-37(40)46-35(34-45-47(41,42)44-32-31-38(3,4)5)33-43-36(39)29-27-25-23-15-13-11-9-7-2/h8,10,14,16,18-19,21-22,26,28,35H,6-7,9,11-13,15,17,20,23-25,27,29-34H2,1-5H3/b10-8-,16-14-,19-18-,22-21-,28-26-. The van der Waals surface area contributed by atoms with E-state index in [0.29, 0.717) is 23.9 Å². The number of likely N-dealkylation sites (N-methyl/N-ethyl adjacent to an activating group) is 1. The molecule has 0 aromatic rings. The maximum atomic E-state index is 12.5. The van der Waals surface area contributed by atoms with Crippen LogP contribution in [0.1, 0.15) is 110 Å². The van der Waals surface area contributed by atoms with E-state index in [0.717, 1.165) is 44.9 Å². The molecule has 0 rings (SSSR count). The highest BCUT2D eigenvalue weighted by atomic mass is 31.2. The van der Waals surface area contributed by atoms with Gasteiger partial charge < -0.3 is 27.9 Å². The highest BCUT2D eigenvalue weighted by Gasteiger charge is 2.21. The van der Waals surface area contributed by atoms with Crippen LogP contribution in [0.4, 0.5) is 0 Å². The van der Waals surface area contributed by atoms with Gasteiger partial charge in [0.15, 0.2) is 6.10 Å². The van der Waals surface area contributed by atoms with Crippen LogP contribution in [-0.4, -0.2) is 70.0 Å². The van der Waals surface area contributed by atoms with Crippen molar-refractivity contribution in [1.82, 2.24) is 0 Å². The molecule has 0 spiro atoms. The first-order valence-corrected chi connectivity index (χ1v) is 19.0. The summed E-state index contributed by atoms with van der Waals surface area (Å²) in [4.78, 5) is 37.1. The first-order valence-electron chi connectivity index (χ1n) is 17.5. The molecule has 270 valence electrons. The smallest absolute Gasteiger partial charge is 0.310 e. The molecular formula is C37H64NO8P. The first kappa shape index (κ1) is 44.7. The van der Waals surface area contributed by atoms with E-state index in [9.17, 15) is 19.0 Å². The summed E-state index contributed by atoms with van der Waals surface area (Å²) in [6.45, 7) is 3.92. The summed E-state index contributed by atoms with van der Waals surface area (Å²) < 4.78 is 33.4. The molecule has 2 atom stereocenters. The largest absolute Gasteiger partial charge is 0.756 e. The summed E-state index contributed by atoms with van der Waals surface area (Å²) in [6.07, 6.45) is 33.0. The molecule has 0 aromatic carbocycles. The summed E-state index contributed by atoms with van der Waals surface area (Å²) in [5.74, 6) is -0.995. The molecule has 0 heterocycles. The fraction of sp³-hybridized carbons (Fsp3) is 0.676. The quantitative estimate of drug-likeness (QED) is 0.0245. The highest BCUT2D eigenvalue weighted by molar-refractivity contribution is 7.45. The lowest BCUT2D eigenvalue weighted by molar-refractivity contribution is -0.870. The van der Waals surface area contributed by atoms with E-state index in [1.165, 1.54) is 25.7 Å². The van der Waals surface area contributed by atoms with Gasteiger partial charge in [0.2, 0.25) is 0 Å². The molecule has 0 fully saturated rings. The summed E-state index contributed by atoms with van der Waals surface area (Å²) in [6, 6.07) is 0. The highest BCUT2D eigenvalue weighted by Crippen LogP contribution is 2.38. The Labute approximate surface area is 286 Å². The Morgan fingerprint density at radius 1 is 0.681 bits per heavy atom. The fourth-order valence-corrected chi connectivity index (χ4v) is 4.81. The van der Waals surface area contributed by atoms with Crippen LogP contribution in [0, 0.1) is 0 Å². The Bertz CT molecular complexity index is 997. The van der Waals surface area contributed by atoms with Gasteiger partial charge in [-0.25, -0.2) is 0 Å². The molecule has 0 radical (unpaired) electrons. The van der Waals surface area contributed by atoms with Crippen LogP contribution < -0.4 is 4.89 Å². The van der Waals surface area contributed by atoms with Crippen LogP contribution in [0.3, 0.4) is 0 Å². The van der Waals surface area contributed by atoms with E-state index in [-0.39, 0.29) is 26.1 Å². The summed E-state index contributed by atoms with van der Waals surface area (Å²) in [5.41, 5.74) is 0. The van der Waals surface area contributed by atoms with E-state index >= 15 is 0 Å². The molecule has 47 heavy (non-hydrogen) atoms. The number of carbonyl (C=O) groups is 2. The number of nitrogens with zero attached hydrogens (tertiary/aromatic N) is 1. The van der Waals surface area contributed by atoms with Crippen LogP contribution in [0.25, 0.3) is 0 Å². The lowest BCUT2D eigenvalue weighted by Gasteiger charge is -2.28. The third-order valence-electron chi connectivity index (χ3n) is 6.84. The number of phosphoric ester groups is 1. The molecule has 0 aliphatic carbocycles. The van der Waals surface area contributed by atoms with Crippen LogP contribution in [-0.2, 0) is 32.7 Å². The van der Waals surface area contributed by atoms with Gasteiger partial charge in [0, 0.05) is 6.42 Å². The Morgan fingerprint density at radius 3 is 1.72 bits per heavy atom. The normalized spacial score (nSPS) is 14.6. The molecule has 0 aromatic heterocycles. The van der Waals surface area contributed by atoms with Crippen molar-refractivity contribution in [3.05, 3.63) is 60.8 Å². The number of quaternary nitrogens is 1. The number of hydrogen-bond acceptors (Lipinski definition) is 8. The Kier molecular flexibility index (Phi) is 28.4. The molecule has 0 bridgehead atoms. The Morgan fingerprint density at radius 2 is 1.19 bits per heavy atom. The Hall–Kier alpha value is -2.29. The molecule has 0 aliphatic rings. The van der Waals surface area contributed by atoms with Crippen LogP contribution in [0.5, 0.6) is 0 Å². The van der Waals surface area contributed by atoms with Gasteiger partial charge in [0.1, 0.15) is 19.8 Å². The van der Waals surface area contributed by atoms with E-state index in [1.54, 1.807) is 6.08 Å². The SMILES string of the molecule is CC/C=C\C/C=C\C/C=C\C/C=C\C/C=C\CC(=O)OC(COC(=O)CCCCCCCCCC)COP(=O)([O-])OCC[N+](C)(C)C. The molecule has 0 N–H and O–H groups in total. The summed E-state index contributed by atoms with van der Waals surface area (Å²) >= 11 is 0. The van der Waals surface area contributed by atoms with E-state index in [2.05, 4.69) is 56.4 Å². The minimum absolute atomic E-state index is 0.00867. The molecule has 0 amide bonds. The molecule has 10 heteroatoms. The Balaban J connectivity index is 4.66. The molecule has 2 unspecified atom stereocenters. The lowest BCUT2D eigenvalue weighted by Crippen LogP contribution is -2.37. The number of carbonyl (C=O) groups excluding carboxylic acids is 2. The molecular weight excluding hydrogens is 617 g/mol. The van der Waals surface area contributed by atoms with Gasteiger partial charge in [0.25, 0.3) is 7.82 Å². The van der Waals surface area contributed by atoms with Crippen molar-refractivity contribution in [1.29, 1.82) is 0 Å². The zero-order valence-corrected chi connectivity index (χ0v) is 30.8. The predicted octanol–water partition coefficient (Wildman–Crippen LogP) is 8.32. The lowest BCUT2D eigenvalue weighted by atomic mass is 10.1. The molecule has 0 saturated carbocycles. The van der Waals surface area contributed by atoms with Gasteiger partial charge >= 0.3 is 11.9 Å². The van der Waals surface area contributed by atoms with Gasteiger partial charge in [-0.1, -0.05) is 120 Å². The third kappa shape index (κ3) is 33.4. The van der Waals surface area contributed by atoms with Gasteiger partial charge in [0.05, 0.1) is 34.2 Å². The van der Waals surface area contributed by atoms with E-state index in [4.69, 9.17) is 18.5 Å². The van der Waals surface area contributed by atoms with Crippen molar-refractivity contribution >= 4 is 19.8 Å². The first-order chi connectivity index (χ1) is 22.5. The molecule has 0 saturated heterocycles. The average molecular weight is 682 g/mol. The van der Waals surface area contributed by atoms with Crippen LogP contribution >= 0.6 is 7.82 Å². The second-order valence-electron chi connectivity index (χ2n) is 12.5. The van der Waals surface area contributed by atoms with Crippen molar-refractivity contribution < 1.29 is 42.1 Å². The topological polar surface area (TPSA) is 111 Å². The number of unbranched alkanes of at least 4 members (excludes halogenated alkanes) is 7. The van der Waals surface area contributed by atoms with Crippen molar-refractivity contribution in [3.8, 4) is 0 Å². The second kappa shape index (κ2) is 29.8. The maximum absolute atomic E-state index is 12.5. The van der Waals surface area contributed by atoms with E-state index in [1.807, 2.05) is 33.3 Å². The average Bonchev–Trinajstić information content (AvgIpc) is 3.01. The number of hydrogen-bond donors (Lipinski definition) is 0. The van der Waals surface area contributed by atoms with Crippen LogP contribution in [0.2, 0.25) is 0 Å². The summed E-state index contributed by atoms with van der Waals surface area (Å²) in [7, 11) is 1.10. The summed E-state index contributed by atoms with van der Waals surface area (Å²) in [5, 5.41) is 0. The number of rotatable bonds is 30. The van der Waals surface area contributed by atoms with Gasteiger partial charge in [-0.15, -0.1) is 0 Å².